The number of hydrogen-bond donors (Lipinski definition) is 2. The van der Waals surface area contributed by atoms with Crippen molar-refractivity contribution in [2.75, 3.05) is 17.6 Å². The molecule has 2 rings (SSSR count). The van der Waals surface area contributed by atoms with Crippen molar-refractivity contribution >= 4 is 53.3 Å². The summed E-state index contributed by atoms with van der Waals surface area (Å²) in [5.41, 5.74) is 6.37. The topological polar surface area (TPSA) is 81.4 Å². The van der Waals surface area contributed by atoms with Crippen LogP contribution in [0.15, 0.2) is 50.2 Å². The molecule has 2 aromatic rings. The maximum atomic E-state index is 12.4. The minimum atomic E-state index is -3.73. The summed E-state index contributed by atoms with van der Waals surface area (Å²) in [7, 11) is -2.22. The predicted octanol–water partition coefficient (Wildman–Crippen LogP) is 3.60. The van der Waals surface area contributed by atoms with Gasteiger partial charge in [-0.25, -0.2) is 8.42 Å². The van der Waals surface area contributed by atoms with Gasteiger partial charge in [0.25, 0.3) is 10.0 Å². The highest BCUT2D eigenvalue weighted by Crippen LogP contribution is 2.35. The van der Waals surface area contributed by atoms with Gasteiger partial charge >= 0.3 is 0 Å². The third-order valence-corrected chi connectivity index (χ3v) is 5.29. The van der Waals surface area contributed by atoms with Crippen LogP contribution in [0, 0.1) is 0 Å². The molecule has 0 amide bonds. The van der Waals surface area contributed by atoms with E-state index in [0.717, 1.165) is 0 Å². The smallest absolute Gasteiger partial charge is 0.262 e. The lowest BCUT2D eigenvalue weighted by Crippen LogP contribution is -2.13. The first-order valence-corrected chi connectivity index (χ1v) is 8.82. The second-order valence-corrected chi connectivity index (χ2v) is 7.54. The second-order valence-electron chi connectivity index (χ2n) is 4.14. The molecule has 0 aliphatic heterocycles. The zero-order chi connectivity index (χ0) is 15.6. The van der Waals surface area contributed by atoms with Gasteiger partial charge < -0.3 is 10.5 Å². The summed E-state index contributed by atoms with van der Waals surface area (Å²) in [5, 5.41) is 0. The average Bonchev–Trinajstić information content (AvgIpc) is 2.42. The van der Waals surface area contributed by atoms with Gasteiger partial charge in [-0.1, -0.05) is 6.07 Å². The molecule has 0 saturated heterocycles. The molecule has 3 N–H and O–H groups in total. The van der Waals surface area contributed by atoms with Crippen LogP contribution in [0.4, 0.5) is 11.4 Å². The zero-order valence-corrected chi connectivity index (χ0v) is 14.9. The van der Waals surface area contributed by atoms with Crippen molar-refractivity contribution in [1.29, 1.82) is 0 Å². The van der Waals surface area contributed by atoms with Crippen LogP contribution in [0.3, 0.4) is 0 Å². The number of rotatable bonds is 4. The molecule has 0 aromatic heterocycles. The van der Waals surface area contributed by atoms with Crippen LogP contribution in [0.2, 0.25) is 0 Å². The molecule has 8 heteroatoms. The first-order valence-electron chi connectivity index (χ1n) is 5.75. The Balaban J connectivity index is 2.41. The lowest BCUT2D eigenvalue weighted by atomic mass is 10.3. The largest absolute Gasteiger partial charge is 0.495 e. The number of halogens is 2. The van der Waals surface area contributed by atoms with Gasteiger partial charge in [0.1, 0.15) is 5.75 Å². The molecule has 112 valence electrons. The molecule has 2 aromatic carbocycles. The first kappa shape index (κ1) is 16.1. The highest BCUT2D eigenvalue weighted by atomic mass is 79.9. The second kappa shape index (κ2) is 6.25. The molecule has 5 nitrogen and oxygen atoms in total. The quantitative estimate of drug-likeness (QED) is 0.718. The summed E-state index contributed by atoms with van der Waals surface area (Å²) in [6.07, 6.45) is 0. The number of sulfonamides is 1. The van der Waals surface area contributed by atoms with Gasteiger partial charge in [0.15, 0.2) is 0 Å². The molecule has 0 heterocycles. The van der Waals surface area contributed by atoms with Gasteiger partial charge in [-0.2, -0.15) is 0 Å². The Labute approximate surface area is 139 Å². The number of benzene rings is 2. The van der Waals surface area contributed by atoms with Crippen molar-refractivity contribution < 1.29 is 13.2 Å². The van der Waals surface area contributed by atoms with Crippen LogP contribution in [-0.2, 0) is 10.0 Å². The molecule has 0 unspecified atom stereocenters. The van der Waals surface area contributed by atoms with Crippen LogP contribution in [0.1, 0.15) is 0 Å². The Bertz CT molecular complexity index is 779. The molecule has 0 atom stereocenters. The van der Waals surface area contributed by atoms with Crippen molar-refractivity contribution in [2.24, 2.45) is 0 Å². The van der Waals surface area contributed by atoms with E-state index in [1.165, 1.54) is 19.2 Å². The minimum Gasteiger partial charge on any atom is -0.495 e. The van der Waals surface area contributed by atoms with Crippen molar-refractivity contribution in [3.63, 3.8) is 0 Å². The Morgan fingerprint density at radius 1 is 1.14 bits per heavy atom. The lowest BCUT2D eigenvalue weighted by molar-refractivity contribution is 0.412. The standard InChI is InChI=1S/C13H12Br2N2O3S/c1-20-13-7-12(10(14)6-11(13)15)17-21(18,19)9-4-2-3-8(16)5-9/h2-7,17H,16H2,1H3. The van der Waals surface area contributed by atoms with Gasteiger partial charge in [0.2, 0.25) is 0 Å². The molecule has 0 bridgehead atoms. The number of nitrogen functional groups attached to an aromatic ring is 1. The van der Waals surface area contributed by atoms with Gasteiger partial charge in [0.05, 0.1) is 22.2 Å². The highest BCUT2D eigenvalue weighted by molar-refractivity contribution is 9.11. The summed E-state index contributed by atoms with van der Waals surface area (Å²) in [5.74, 6) is 0.517. The van der Waals surface area contributed by atoms with E-state index in [2.05, 4.69) is 36.6 Å². The van der Waals surface area contributed by atoms with Crippen LogP contribution in [0.25, 0.3) is 0 Å². The van der Waals surface area contributed by atoms with Crippen LogP contribution >= 0.6 is 31.9 Å². The van der Waals surface area contributed by atoms with E-state index in [1.54, 1.807) is 24.3 Å². The summed E-state index contributed by atoms with van der Waals surface area (Å²) in [6.45, 7) is 0. The Morgan fingerprint density at radius 2 is 1.86 bits per heavy atom. The molecule has 0 aliphatic rings. The van der Waals surface area contributed by atoms with E-state index in [-0.39, 0.29) is 4.90 Å². The van der Waals surface area contributed by atoms with E-state index in [0.29, 0.717) is 26.1 Å². The van der Waals surface area contributed by atoms with E-state index in [9.17, 15) is 8.42 Å². The molecular formula is C13H12Br2N2O3S. The summed E-state index contributed by atoms with van der Waals surface area (Å²) < 4.78 is 33.7. The van der Waals surface area contributed by atoms with Crippen LogP contribution in [0.5, 0.6) is 5.75 Å². The molecular weight excluding hydrogens is 424 g/mol. The van der Waals surface area contributed by atoms with E-state index >= 15 is 0 Å². The highest BCUT2D eigenvalue weighted by Gasteiger charge is 2.17. The fourth-order valence-corrected chi connectivity index (χ4v) is 4.16. The van der Waals surface area contributed by atoms with E-state index in [1.807, 2.05) is 0 Å². The zero-order valence-electron chi connectivity index (χ0n) is 10.9. The van der Waals surface area contributed by atoms with Gasteiger partial charge in [-0.15, -0.1) is 0 Å². The third-order valence-electron chi connectivity index (χ3n) is 2.65. The third kappa shape index (κ3) is 3.69. The van der Waals surface area contributed by atoms with Gasteiger partial charge in [-0.05, 0) is 56.1 Å². The SMILES string of the molecule is COc1cc(NS(=O)(=O)c2cccc(N)c2)c(Br)cc1Br. The number of nitrogens with two attached hydrogens (primary N) is 1. The average molecular weight is 436 g/mol. The van der Waals surface area contributed by atoms with Crippen LogP contribution < -0.4 is 15.2 Å². The maximum Gasteiger partial charge on any atom is 0.262 e. The lowest BCUT2D eigenvalue weighted by Gasteiger charge is -2.12. The summed E-state index contributed by atoms with van der Waals surface area (Å²) >= 11 is 6.64. The number of hydrogen-bond acceptors (Lipinski definition) is 4. The fraction of sp³-hybridized carbons (Fsp3) is 0.0769. The van der Waals surface area contributed by atoms with Gasteiger partial charge in [-0.3, -0.25) is 4.72 Å². The summed E-state index contributed by atoms with van der Waals surface area (Å²) in [4.78, 5) is 0.0938. The Morgan fingerprint density at radius 3 is 2.48 bits per heavy atom. The Hall–Kier alpha value is -1.25. The van der Waals surface area contributed by atoms with E-state index in [4.69, 9.17) is 10.5 Å². The van der Waals surface area contributed by atoms with Crippen molar-refractivity contribution in [3.05, 3.63) is 45.3 Å². The van der Waals surface area contributed by atoms with Gasteiger partial charge in [0, 0.05) is 16.2 Å². The first-order chi connectivity index (χ1) is 9.83. The van der Waals surface area contributed by atoms with Crippen molar-refractivity contribution in [3.8, 4) is 5.75 Å². The van der Waals surface area contributed by atoms with Crippen LogP contribution in [-0.4, -0.2) is 15.5 Å². The number of nitrogens with one attached hydrogen (secondary N) is 1. The number of ether oxygens (including phenoxy) is 1. The predicted molar refractivity (Wildman–Crippen MR) is 90.1 cm³/mol. The molecule has 0 fully saturated rings. The minimum absolute atomic E-state index is 0.0938. The normalized spacial score (nSPS) is 11.2. The molecule has 0 aliphatic carbocycles. The maximum absolute atomic E-state index is 12.4. The molecule has 0 radical (unpaired) electrons. The monoisotopic (exact) mass is 434 g/mol. The molecule has 0 saturated carbocycles. The van der Waals surface area contributed by atoms with Crippen molar-refractivity contribution in [1.82, 2.24) is 0 Å². The van der Waals surface area contributed by atoms with E-state index < -0.39 is 10.0 Å². The Kier molecular flexibility index (Phi) is 4.80. The van der Waals surface area contributed by atoms with Crippen molar-refractivity contribution in [2.45, 2.75) is 4.90 Å². The number of methoxy groups -OCH3 is 1. The fourth-order valence-electron chi connectivity index (χ4n) is 1.65. The summed E-state index contributed by atoms with van der Waals surface area (Å²) in [6, 6.07) is 9.36. The molecule has 0 spiro atoms. The number of anilines is 2. The molecule has 21 heavy (non-hydrogen) atoms.